The van der Waals surface area contributed by atoms with Gasteiger partial charge in [0.05, 0.1) is 5.56 Å². The normalized spacial score (nSPS) is 12.1. The molecule has 128 valence electrons. The molecule has 0 radical (unpaired) electrons. The van der Waals surface area contributed by atoms with Gasteiger partial charge in [-0.2, -0.15) is 13.2 Å². The number of rotatable bonds is 2. The van der Waals surface area contributed by atoms with Gasteiger partial charge in [0.25, 0.3) is 5.91 Å². The molecule has 0 bridgehead atoms. The van der Waals surface area contributed by atoms with Crippen molar-refractivity contribution in [2.45, 2.75) is 32.4 Å². The Balaban J connectivity index is 2.55. The summed E-state index contributed by atoms with van der Waals surface area (Å²) in [6.45, 7) is 5.63. The second-order valence-electron chi connectivity index (χ2n) is 6.66. The molecule has 2 rings (SSSR count). The molecule has 2 aromatic carbocycles. The predicted octanol–water partition coefficient (Wildman–Crippen LogP) is 5.03. The van der Waals surface area contributed by atoms with E-state index in [1.807, 2.05) is 20.8 Å². The summed E-state index contributed by atoms with van der Waals surface area (Å²) >= 11 is 0. The van der Waals surface area contributed by atoms with Gasteiger partial charge < -0.3 is 5.32 Å². The lowest BCUT2D eigenvalue weighted by molar-refractivity contribution is -0.137. The average molecular weight is 335 g/mol. The molecule has 0 aromatic heterocycles. The maximum absolute atomic E-state index is 13.5. The molecule has 5 heteroatoms. The molecule has 0 aliphatic heterocycles. The van der Waals surface area contributed by atoms with E-state index < -0.39 is 11.7 Å². The van der Waals surface area contributed by atoms with Crippen molar-refractivity contribution in [3.05, 3.63) is 59.2 Å². The summed E-state index contributed by atoms with van der Waals surface area (Å²) in [5.74, 6) is -0.277. The minimum absolute atomic E-state index is 0.110. The van der Waals surface area contributed by atoms with Crippen LogP contribution in [0.4, 0.5) is 13.2 Å². The second-order valence-corrected chi connectivity index (χ2v) is 6.66. The molecule has 0 aliphatic rings. The van der Waals surface area contributed by atoms with Crippen LogP contribution >= 0.6 is 0 Å². The number of benzene rings is 2. The Hall–Kier alpha value is -2.30. The van der Waals surface area contributed by atoms with E-state index in [1.165, 1.54) is 43.4 Å². The summed E-state index contributed by atoms with van der Waals surface area (Å²) in [6, 6.07) is 10.5. The van der Waals surface area contributed by atoms with Crippen LogP contribution in [0.15, 0.2) is 42.5 Å². The van der Waals surface area contributed by atoms with Crippen molar-refractivity contribution in [3.8, 4) is 11.1 Å². The molecule has 0 saturated carbocycles. The number of carbonyl (C=O) groups excluding carboxylic acids is 1. The Morgan fingerprint density at radius 2 is 1.54 bits per heavy atom. The molecular formula is C19H20F3NO. The van der Waals surface area contributed by atoms with E-state index in [9.17, 15) is 18.0 Å². The maximum atomic E-state index is 13.5. The number of carbonyl (C=O) groups is 1. The third-order valence-electron chi connectivity index (χ3n) is 3.88. The predicted molar refractivity (Wildman–Crippen MR) is 89.0 cm³/mol. The van der Waals surface area contributed by atoms with Gasteiger partial charge in [0.15, 0.2) is 0 Å². The number of halogens is 3. The van der Waals surface area contributed by atoms with Gasteiger partial charge in [0, 0.05) is 12.6 Å². The molecule has 0 saturated heterocycles. The van der Waals surface area contributed by atoms with Crippen molar-refractivity contribution in [2.24, 2.45) is 0 Å². The zero-order chi connectivity index (χ0) is 18.1. The van der Waals surface area contributed by atoms with Gasteiger partial charge >= 0.3 is 6.18 Å². The highest BCUT2D eigenvalue weighted by atomic mass is 19.4. The summed E-state index contributed by atoms with van der Waals surface area (Å²) in [5, 5.41) is 2.48. The van der Waals surface area contributed by atoms with Crippen LogP contribution in [0.25, 0.3) is 11.1 Å². The van der Waals surface area contributed by atoms with Crippen molar-refractivity contribution in [3.63, 3.8) is 0 Å². The molecule has 2 aromatic rings. The lowest BCUT2D eigenvalue weighted by atomic mass is 9.84. The third kappa shape index (κ3) is 3.78. The topological polar surface area (TPSA) is 29.1 Å². The highest BCUT2D eigenvalue weighted by molar-refractivity contribution is 5.94. The van der Waals surface area contributed by atoms with E-state index >= 15 is 0 Å². The van der Waals surface area contributed by atoms with Crippen LogP contribution < -0.4 is 5.32 Å². The Kier molecular flexibility index (Phi) is 4.74. The first kappa shape index (κ1) is 18.0. The van der Waals surface area contributed by atoms with Crippen molar-refractivity contribution < 1.29 is 18.0 Å². The van der Waals surface area contributed by atoms with Gasteiger partial charge in [0.2, 0.25) is 0 Å². The maximum Gasteiger partial charge on any atom is 0.417 e. The number of alkyl halides is 3. The Morgan fingerprint density at radius 3 is 2.00 bits per heavy atom. The summed E-state index contributed by atoms with van der Waals surface area (Å²) < 4.78 is 40.5. The molecule has 24 heavy (non-hydrogen) atoms. The lowest BCUT2D eigenvalue weighted by Gasteiger charge is -2.22. The molecule has 0 aliphatic carbocycles. The van der Waals surface area contributed by atoms with E-state index in [-0.39, 0.29) is 16.9 Å². The minimum Gasteiger partial charge on any atom is -0.355 e. The molecule has 1 amide bonds. The van der Waals surface area contributed by atoms with Crippen LogP contribution in [-0.2, 0) is 11.6 Å². The molecule has 2 nitrogen and oxygen atoms in total. The van der Waals surface area contributed by atoms with Crippen LogP contribution in [0.5, 0.6) is 0 Å². The van der Waals surface area contributed by atoms with Crippen molar-refractivity contribution in [1.82, 2.24) is 5.32 Å². The number of hydrogen-bond donors (Lipinski definition) is 1. The van der Waals surface area contributed by atoms with Gasteiger partial charge in [-0.3, -0.25) is 4.79 Å². The van der Waals surface area contributed by atoms with Crippen LogP contribution in [0.1, 0.15) is 42.3 Å². The van der Waals surface area contributed by atoms with Crippen LogP contribution in [0.3, 0.4) is 0 Å². The average Bonchev–Trinajstić information content (AvgIpc) is 2.52. The molecule has 0 spiro atoms. The highest BCUT2D eigenvalue weighted by Crippen LogP contribution is 2.39. The van der Waals surface area contributed by atoms with Gasteiger partial charge in [-0.15, -0.1) is 0 Å². The Morgan fingerprint density at radius 1 is 0.958 bits per heavy atom. The first-order valence-corrected chi connectivity index (χ1v) is 7.58. The van der Waals surface area contributed by atoms with Gasteiger partial charge in [0.1, 0.15) is 0 Å². The fourth-order valence-corrected chi connectivity index (χ4v) is 2.44. The monoisotopic (exact) mass is 335 g/mol. The molecule has 0 heterocycles. The fourth-order valence-electron chi connectivity index (χ4n) is 2.44. The quantitative estimate of drug-likeness (QED) is 0.819. The molecule has 0 fully saturated rings. The Bertz CT molecular complexity index is 741. The van der Waals surface area contributed by atoms with Crippen LogP contribution in [-0.4, -0.2) is 13.0 Å². The molecule has 0 unspecified atom stereocenters. The van der Waals surface area contributed by atoms with E-state index in [0.29, 0.717) is 16.7 Å². The molecular weight excluding hydrogens is 315 g/mol. The fraction of sp³-hybridized carbons (Fsp3) is 0.316. The van der Waals surface area contributed by atoms with Crippen molar-refractivity contribution in [2.75, 3.05) is 7.05 Å². The van der Waals surface area contributed by atoms with E-state index in [4.69, 9.17) is 0 Å². The van der Waals surface area contributed by atoms with Gasteiger partial charge in [-0.1, -0.05) is 45.0 Å². The number of hydrogen-bond acceptors (Lipinski definition) is 1. The van der Waals surface area contributed by atoms with E-state index in [1.54, 1.807) is 6.07 Å². The van der Waals surface area contributed by atoms with Crippen molar-refractivity contribution >= 4 is 5.91 Å². The zero-order valence-electron chi connectivity index (χ0n) is 14.1. The van der Waals surface area contributed by atoms with Gasteiger partial charge in [-0.25, -0.2) is 0 Å². The first-order chi connectivity index (χ1) is 11.0. The second kappa shape index (κ2) is 6.30. The highest BCUT2D eigenvalue weighted by Gasteiger charge is 2.34. The first-order valence-electron chi connectivity index (χ1n) is 7.58. The largest absolute Gasteiger partial charge is 0.417 e. The van der Waals surface area contributed by atoms with E-state index in [2.05, 4.69) is 5.32 Å². The van der Waals surface area contributed by atoms with E-state index in [0.717, 1.165) is 0 Å². The van der Waals surface area contributed by atoms with Gasteiger partial charge in [-0.05, 0) is 40.3 Å². The summed E-state index contributed by atoms with van der Waals surface area (Å²) in [5.41, 5.74) is 0.528. The van der Waals surface area contributed by atoms with Crippen molar-refractivity contribution in [1.29, 1.82) is 0 Å². The van der Waals surface area contributed by atoms with Crippen LogP contribution in [0.2, 0.25) is 0 Å². The van der Waals surface area contributed by atoms with Crippen LogP contribution in [0, 0.1) is 0 Å². The summed E-state index contributed by atoms with van der Waals surface area (Å²) in [6.07, 6.45) is -4.45. The SMILES string of the molecule is CNC(=O)c1ccc(-c2ccc(C(C)(C)C)cc2C(F)(F)F)cc1. The standard InChI is InChI=1S/C19H20F3NO/c1-18(2,3)14-9-10-15(16(11-14)19(20,21)22)12-5-7-13(8-6-12)17(24)23-4/h5-11H,1-4H3,(H,23,24). The minimum atomic E-state index is -4.45. The zero-order valence-corrected chi connectivity index (χ0v) is 14.1. The number of amides is 1. The smallest absolute Gasteiger partial charge is 0.355 e. The molecule has 1 N–H and O–H groups in total. The molecule has 0 atom stereocenters. The lowest BCUT2D eigenvalue weighted by Crippen LogP contribution is -2.17. The Labute approximate surface area is 139 Å². The third-order valence-corrected chi connectivity index (χ3v) is 3.88. The summed E-state index contributed by atoms with van der Waals surface area (Å²) in [7, 11) is 1.50. The number of nitrogens with one attached hydrogen (secondary N) is 1. The summed E-state index contributed by atoms with van der Waals surface area (Å²) in [4.78, 5) is 11.6.